The molecule has 0 aromatic heterocycles. The van der Waals surface area contributed by atoms with E-state index in [-0.39, 0.29) is 10.8 Å². The molecule has 2 rings (SSSR count). The van der Waals surface area contributed by atoms with Gasteiger partial charge in [-0.3, -0.25) is 4.79 Å². The maximum absolute atomic E-state index is 13.0. The highest BCUT2D eigenvalue weighted by Crippen LogP contribution is 2.21. The molecule has 7 heteroatoms. The van der Waals surface area contributed by atoms with Crippen molar-refractivity contribution in [2.75, 3.05) is 25.5 Å². The minimum absolute atomic E-state index is 0.240. The van der Waals surface area contributed by atoms with Crippen LogP contribution in [0.1, 0.15) is 49.9 Å². The Morgan fingerprint density at radius 1 is 1.00 bits per heavy atom. The zero-order chi connectivity index (χ0) is 21.3. The second-order valence-corrected chi connectivity index (χ2v) is 8.76. The number of amides is 1. The van der Waals surface area contributed by atoms with Gasteiger partial charge in [-0.25, -0.2) is 8.42 Å². The zero-order valence-electron chi connectivity index (χ0n) is 17.3. The quantitative estimate of drug-likeness (QED) is 0.581. The fraction of sp³-hybridized carbons (Fsp3) is 0.409. The molecular formula is C22H30N2O4S. The Morgan fingerprint density at radius 3 is 2.17 bits per heavy atom. The largest absolute Gasteiger partial charge is 0.497 e. The number of methoxy groups -OCH3 is 1. The lowest BCUT2D eigenvalue weighted by atomic mass is 10.2. The standard InChI is InChI=1S/C22H30N2O4S/c1-4-6-15-24(16-7-5-2)29(26,27)21-13-11-19(12-14-21)23-22(25)18-9-8-10-20(17-18)28-3/h8-14,17H,4-7,15-16H2,1-3H3,(H,23,25). The molecule has 1 N–H and O–H groups in total. The Kier molecular flexibility index (Phi) is 8.67. The Morgan fingerprint density at radius 2 is 1.62 bits per heavy atom. The number of sulfonamides is 1. The van der Waals surface area contributed by atoms with Crippen LogP contribution in [0.3, 0.4) is 0 Å². The number of rotatable bonds is 11. The van der Waals surface area contributed by atoms with Crippen molar-refractivity contribution < 1.29 is 17.9 Å². The predicted molar refractivity (Wildman–Crippen MR) is 116 cm³/mol. The van der Waals surface area contributed by atoms with E-state index >= 15 is 0 Å². The average Bonchev–Trinajstić information content (AvgIpc) is 2.74. The zero-order valence-corrected chi connectivity index (χ0v) is 18.2. The summed E-state index contributed by atoms with van der Waals surface area (Å²) in [6, 6.07) is 13.2. The molecule has 0 saturated heterocycles. The molecule has 158 valence electrons. The Bertz CT molecular complexity index is 887. The monoisotopic (exact) mass is 418 g/mol. The van der Waals surface area contributed by atoms with Gasteiger partial charge in [0.15, 0.2) is 0 Å². The van der Waals surface area contributed by atoms with Crippen molar-refractivity contribution >= 4 is 21.6 Å². The van der Waals surface area contributed by atoms with Crippen LogP contribution in [0, 0.1) is 0 Å². The van der Waals surface area contributed by atoms with Crippen LogP contribution in [-0.4, -0.2) is 38.8 Å². The Labute approximate surface area is 173 Å². The number of ether oxygens (including phenoxy) is 1. The number of carbonyl (C=O) groups is 1. The Balaban J connectivity index is 2.13. The van der Waals surface area contributed by atoms with Crippen molar-refractivity contribution in [2.45, 2.75) is 44.4 Å². The van der Waals surface area contributed by atoms with Crippen LogP contribution in [0.4, 0.5) is 5.69 Å². The van der Waals surface area contributed by atoms with E-state index in [1.54, 1.807) is 59.9 Å². The first kappa shape index (κ1) is 22.9. The number of anilines is 1. The van der Waals surface area contributed by atoms with Crippen molar-refractivity contribution in [3.63, 3.8) is 0 Å². The summed E-state index contributed by atoms with van der Waals surface area (Å²) in [6.07, 6.45) is 3.54. The number of benzene rings is 2. The summed E-state index contributed by atoms with van der Waals surface area (Å²) >= 11 is 0. The molecule has 0 heterocycles. The van der Waals surface area contributed by atoms with E-state index < -0.39 is 10.0 Å². The van der Waals surface area contributed by atoms with Crippen molar-refractivity contribution in [1.29, 1.82) is 0 Å². The van der Waals surface area contributed by atoms with Gasteiger partial charge in [-0.2, -0.15) is 4.31 Å². The summed E-state index contributed by atoms with van der Waals surface area (Å²) in [5, 5.41) is 2.78. The van der Waals surface area contributed by atoms with Crippen LogP contribution >= 0.6 is 0 Å². The molecule has 1 amide bonds. The maximum atomic E-state index is 13.0. The predicted octanol–water partition coefficient (Wildman–Crippen LogP) is 4.54. The van der Waals surface area contributed by atoms with Gasteiger partial charge in [0.2, 0.25) is 10.0 Å². The van der Waals surface area contributed by atoms with E-state index in [4.69, 9.17) is 4.74 Å². The smallest absolute Gasteiger partial charge is 0.255 e. The summed E-state index contributed by atoms with van der Waals surface area (Å²) in [5.41, 5.74) is 0.997. The number of carbonyl (C=O) groups excluding carboxylic acids is 1. The van der Waals surface area contributed by atoms with Gasteiger partial charge in [0.05, 0.1) is 12.0 Å². The average molecular weight is 419 g/mol. The fourth-order valence-electron chi connectivity index (χ4n) is 2.85. The molecule has 0 radical (unpaired) electrons. The summed E-state index contributed by atoms with van der Waals surface area (Å²) in [5.74, 6) is 0.311. The number of hydrogen-bond donors (Lipinski definition) is 1. The van der Waals surface area contributed by atoms with Gasteiger partial charge in [0.25, 0.3) is 5.91 Å². The number of nitrogens with one attached hydrogen (secondary N) is 1. The van der Waals surface area contributed by atoms with Gasteiger partial charge in [0.1, 0.15) is 5.75 Å². The lowest BCUT2D eigenvalue weighted by Crippen LogP contribution is -2.33. The minimum Gasteiger partial charge on any atom is -0.497 e. The van der Waals surface area contributed by atoms with Crippen molar-refractivity contribution in [3.8, 4) is 5.75 Å². The fourth-order valence-corrected chi connectivity index (χ4v) is 4.37. The molecule has 0 aliphatic carbocycles. The molecule has 0 bridgehead atoms. The molecule has 29 heavy (non-hydrogen) atoms. The second kappa shape index (κ2) is 11.0. The summed E-state index contributed by atoms with van der Waals surface area (Å²) < 4.78 is 32.7. The highest BCUT2D eigenvalue weighted by atomic mass is 32.2. The molecule has 0 saturated carbocycles. The lowest BCUT2D eigenvalue weighted by Gasteiger charge is -2.22. The molecule has 2 aromatic carbocycles. The third-order valence-electron chi connectivity index (χ3n) is 4.60. The molecule has 0 atom stereocenters. The molecule has 0 spiro atoms. The second-order valence-electron chi connectivity index (χ2n) is 6.82. The summed E-state index contributed by atoms with van der Waals surface area (Å²) in [4.78, 5) is 12.7. The molecule has 0 aliphatic heterocycles. The summed E-state index contributed by atoms with van der Waals surface area (Å²) in [6.45, 7) is 5.13. The van der Waals surface area contributed by atoms with Gasteiger partial charge in [0, 0.05) is 24.3 Å². The van der Waals surface area contributed by atoms with Gasteiger partial charge < -0.3 is 10.1 Å². The van der Waals surface area contributed by atoms with Gasteiger partial charge >= 0.3 is 0 Å². The van der Waals surface area contributed by atoms with Crippen molar-refractivity contribution in [1.82, 2.24) is 4.31 Å². The molecule has 0 aliphatic rings. The number of hydrogen-bond acceptors (Lipinski definition) is 4. The van der Waals surface area contributed by atoms with Crippen LogP contribution < -0.4 is 10.1 Å². The lowest BCUT2D eigenvalue weighted by molar-refractivity contribution is 0.102. The Hall–Kier alpha value is -2.38. The van der Waals surface area contributed by atoms with Crippen LogP contribution in [0.25, 0.3) is 0 Å². The van der Waals surface area contributed by atoms with Gasteiger partial charge in [-0.1, -0.05) is 32.8 Å². The third kappa shape index (κ3) is 6.30. The van der Waals surface area contributed by atoms with E-state index in [1.807, 2.05) is 13.8 Å². The van der Waals surface area contributed by atoms with E-state index in [2.05, 4.69) is 5.32 Å². The third-order valence-corrected chi connectivity index (χ3v) is 6.52. The van der Waals surface area contributed by atoms with Crippen LogP contribution in [0.2, 0.25) is 0 Å². The van der Waals surface area contributed by atoms with Gasteiger partial charge in [-0.15, -0.1) is 0 Å². The molecule has 0 fully saturated rings. The first-order valence-corrected chi connectivity index (χ1v) is 11.4. The molecule has 0 unspecified atom stereocenters. The molecule has 6 nitrogen and oxygen atoms in total. The highest BCUT2D eigenvalue weighted by molar-refractivity contribution is 7.89. The van der Waals surface area contributed by atoms with E-state index in [0.29, 0.717) is 30.1 Å². The molecular weight excluding hydrogens is 388 g/mol. The van der Waals surface area contributed by atoms with E-state index in [9.17, 15) is 13.2 Å². The molecule has 2 aromatic rings. The number of unbranched alkanes of at least 4 members (excludes halogenated alkanes) is 2. The topological polar surface area (TPSA) is 75.7 Å². The van der Waals surface area contributed by atoms with E-state index in [0.717, 1.165) is 25.7 Å². The first-order chi connectivity index (χ1) is 13.9. The SMILES string of the molecule is CCCCN(CCCC)S(=O)(=O)c1ccc(NC(=O)c2cccc(OC)c2)cc1. The highest BCUT2D eigenvalue weighted by Gasteiger charge is 2.23. The normalized spacial score (nSPS) is 11.4. The van der Waals surface area contributed by atoms with Crippen LogP contribution in [0.15, 0.2) is 53.4 Å². The summed E-state index contributed by atoms with van der Waals surface area (Å²) in [7, 11) is -2.01. The minimum atomic E-state index is -3.55. The van der Waals surface area contributed by atoms with Crippen molar-refractivity contribution in [2.24, 2.45) is 0 Å². The van der Waals surface area contributed by atoms with Crippen LogP contribution in [0.5, 0.6) is 5.75 Å². The first-order valence-electron chi connectivity index (χ1n) is 9.98. The van der Waals surface area contributed by atoms with E-state index in [1.165, 1.54) is 0 Å². The van der Waals surface area contributed by atoms with Gasteiger partial charge in [-0.05, 0) is 55.3 Å². The van der Waals surface area contributed by atoms with Crippen molar-refractivity contribution in [3.05, 3.63) is 54.1 Å². The maximum Gasteiger partial charge on any atom is 0.255 e. The van der Waals surface area contributed by atoms with Crippen LogP contribution in [-0.2, 0) is 10.0 Å². The number of nitrogens with zero attached hydrogens (tertiary/aromatic N) is 1.